The maximum absolute atomic E-state index is 12.3. The number of anilines is 1. The number of hydrogen-bond acceptors (Lipinski definition) is 3. The van der Waals surface area contributed by atoms with Crippen LogP contribution in [0.1, 0.15) is 54.9 Å². The third kappa shape index (κ3) is 4.21. The molecular formula is C17H26N2O2. The summed E-state index contributed by atoms with van der Waals surface area (Å²) in [6.45, 7) is 4.91. The summed E-state index contributed by atoms with van der Waals surface area (Å²) in [4.78, 5) is 12.3. The minimum Gasteiger partial charge on any atom is -0.391 e. The Morgan fingerprint density at radius 1 is 1.29 bits per heavy atom. The molecule has 0 aliphatic heterocycles. The number of carbonyl (C=O) groups excluding carboxylic acids is 1. The van der Waals surface area contributed by atoms with E-state index in [4.69, 9.17) is 0 Å². The zero-order chi connectivity index (χ0) is 15.2. The van der Waals surface area contributed by atoms with Gasteiger partial charge >= 0.3 is 0 Å². The second-order valence-corrected chi connectivity index (χ2v) is 5.85. The third-order valence-electron chi connectivity index (χ3n) is 4.15. The average Bonchev–Trinajstić information content (AvgIpc) is 2.66. The van der Waals surface area contributed by atoms with E-state index in [0.29, 0.717) is 5.56 Å². The van der Waals surface area contributed by atoms with Gasteiger partial charge in [0.05, 0.1) is 12.1 Å². The van der Waals surface area contributed by atoms with Crippen LogP contribution in [0.3, 0.4) is 0 Å². The van der Waals surface area contributed by atoms with E-state index >= 15 is 0 Å². The lowest BCUT2D eigenvalue weighted by molar-refractivity contribution is 0.0818. The van der Waals surface area contributed by atoms with Crippen molar-refractivity contribution in [1.82, 2.24) is 5.32 Å². The lowest BCUT2D eigenvalue weighted by Crippen LogP contribution is -2.42. The van der Waals surface area contributed by atoms with Crippen LogP contribution in [-0.4, -0.2) is 29.7 Å². The Morgan fingerprint density at radius 3 is 2.76 bits per heavy atom. The van der Waals surface area contributed by atoms with Gasteiger partial charge in [0.25, 0.3) is 5.91 Å². The summed E-state index contributed by atoms with van der Waals surface area (Å²) in [5, 5.41) is 16.3. The molecule has 0 bridgehead atoms. The molecule has 1 aliphatic rings. The Balaban J connectivity index is 2.04. The molecular weight excluding hydrogens is 264 g/mol. The lowest BCUT2D eigenvalue weighted by atomic mass is 10.0. The van der Waals surface area contributed by atoms with Gasteiger partial charge in [-0.3, -0.25) is 4.79 Å². The SMILES string of the molecule is CCNc1ccc(C(=O)NC2CCCCCC2O)cc1C. The minimum absolute atomic E-state index is 0.0906. The van der Waals surface area contributed by atoms with Crippen molar-refractivity contribution >= 4 is 11.6 Å². The molecule has 4 heteroatoms. The van der Waals surface area contributed by atoms with Gasteiger partial charge in [-0.1, -0.05) is 19.3 Å². The van der Waals surface area contributed by atoms with Gasteiger partial charge in [0.15, 0.2) is 0 Å². The molecule has 21 heavy (non-hydrogen) atoms. The normalized spacial score (nSPS) is 22.4. The smallest absolute Gasteiger partial charge is 0.251 e. The molecule has 0 heterocycles. The molecule has 1 aliphatic carbocycles. The highest BCUT2D eigenvalue weighted by atomic mass is 16.3. The second kappa shape index (κ2) is 7.46. The largest absolute Gasteiger partial charge is 0.391 e. The molecule has 1 amide bonds. The van der Waals surface area contributed by atoms with E-state index in [1.807, 2.05) is 32.0 Å². The van der Waals surface area contributed by atoms with Gasteiger partial charge in [-0.2, -0.15) is 0 Å². The van der Waals surface area contributed by atoms with Crippen molar-refractivity contribution in [3.8, 4) is 0 Å². The number of nitrogens with one attached hydrogen (secondary N) is 2. The summed E-state index contributed by atoms with van der Waals surface area (Å²) in [5.41, 5.74) is 2.78. The van der Waals surface area contributed by atoms with Crippen LogP contribution in [0.2, 0.25) is 0 Å². The number of aliphatic hydroxyl groups excluding tert-OH is 1. The zero-order valence-electron chi connectivity index (χ0n) is 13.0. The van der Waals surface area contributed by atoms with Crippen LogP contribution in [-0.2, 0) is 0 Å². The lowest BCUT2D eigenvalue weighted by Gasteiger charge is -2.22. The number of carbonyl (C=O) groups is 1. The standard InChI is InChI=1S/C17H26N2O2/c1-3-18-14-10-9-13(11-12(14)2)17(21)19-15-7-5-4-6-8-16(15)20/h9-11,15-16,18,20H,3-8H2,1-2H3,(H,19,21). The van der Waals surface area contributed by atoms with Crippen molar-refractivity contribution < 1.29 is 9.90 Å². The van der Waals surface area contributed by atoms with Crippen LogP contribution in [0.15, 0.2) is 18.2 Å². The predicted octanol–water partition coefficient (Wildman–Crippen LogP) is 2.85. The van der Waals surface area contributed by atoms with Crippen molar-refractivity contribution in [1.29, 1.82) is 0 Å². The molecule has 3 N–H and O–H groups in total. The van der Waals surface area contributed by atoms with Crippen LogP contribution in [0, 0.1) is 6.92 Å². The molecule has 0 spiro atoms. The molecule has 0 saturated heterocycles. The first-order valence-corrected chi connectivity index (χ1v) is 7.95. The van der Waals surface area contributed by atoms with E-state index in [2.05, 4.69) is 10.6 Å². The van der Waals surface area contributed by atoms with Crippen LogP contribution >= 0.6 is 0 Å². The molecule has 2 atom stereocenters. The molecule has 2 unspecified atom stereocenters. The first-order valence-electron chi connectivity index (χ1n) is 7.95. The van der Waals surface area contributed by atoms with Gasteiger partial charge in [0, 0.05) is 17.8 Å². The van der Waals surface area contributed by atoms with Crippen molar-refractivity contribution in [2.24, 2.45) is 0 Å². The van der Waals surface area contributed by atoms with Gasteiger partial charge in [-0.05, 0) is 50.5 Å². The number of rotatable bonds is 4. The van der Waals surface area contributed by atoms with E-state index in [1.165, 1.54) is 0 Å². The number of aryl methyl sites for hydroxylation is 1. The topological polar surface area (TPSA) is 61.4 Å². The summed E-state index contributed by atoms with van der Waals surface area (Å²) in [5.74, 6) is -0.0906. The molecule has 1 aromatic carbocycles. The molecule has 1 saturated carbocycles. The van der Waals surface area contributed by atoms with Gasteiger partial charge in [0.2, 0.25) is 0 Å². The number of aliphatic hydroxyl groups is 1. The predicted molar refractivity (Wildman–Crippen MR) is 85.7 cm³/mol. The van der Waals surface area contributed by atoms with Crippen molar-refractivity contribution in [3.05, 3.63) is 29.3 Å². The quantitative estimate of drug-likeness (QED) is 0.747. The number of hydrogen-bond donors (Lipinski definition) is 3. The molecule has 1 aromatic rings. The highest BCUT2D eigenvalue weighted by molar-refractivity contribution is 5.95. The molecule has 0 radical (unpaired) electrons. The van der Waals surface area contributed by atoms with Gasteiger partial charge in [0.1, 0.15) is 0 Å². The van der Waals surface area contributed by atoms with Crippen LogP contribution in [0.4, 0.5) is 5.69 Å². The maximum Gasteiger partial charge on any atom is 0.251 e. The van der Waals surface area contributed by atoms with Crippen LogP contribution in [0.5, 0.6) is 0 Å². The Kier molecular flexibility index (Phi) is 5.62. The summed E-state index contributed by atoms with van der Waals surface area (Å²) in [6, 6.07) is 5.56. The monoisotopic (exact) mass is 290 g/mol. The summed E-state index contributed by atoms with van der Waals surface area (Å²) in [6.07, 6.45) is 4.48. The maximum atomic E-state index is 12.3. The second-order valence-electron chi connectivity index (χ2n) is 5.85. The Labute approximate surface area is 126 Å². The summed E-state index contributed by atoms with van der Waals surface area (Å²) >= 11 is 0. The van der Waals surface area contributed by atoms with Crippen LogP contribution < -0.4 is 10.6 Å². The van der Waals surface area contributed by atoms with E-state index < -0.39 is 6.10 Å². The van der Waals surface area contributed by atoms with E-state index in [0.717, 1.165) is 49.9 Å². The van der Waals surface area contributed by atoms with Gasteiger partial charge in [-0.25, -0.2) is 0 Å². The Morgan fingerprint density at radius 2 is 2.05 bits per heavy atom. The fourth-order valence-electron chi connectivity index (χ4n) is 2.90. The number of benzene rings is 1. The van der Waals surface area contributed by atoms with Crippen LogP contribution in [0.25, 0.3) is 0 Å². The highest BCUT2D eigenvalue weighted by Crippen LogP contribution is 2.20. The van der Waals surface area contributed by atoms with E-state index in [9.17, 15) is 9.90 Å². The highest BCUT2D eigenvalue weighted by Gasteiger charge is 2.23. The summed E-state index contributed by atoms with van der Waals surface area (Å²) in [7, 11) is 0. The molecule has 1 fully saturated rings. The van der Waals surface area contributed by atoms with E-state index in [1.54, 1.807) is 0 Å². The Bertz CT molecular complexity index is 488. The first kappa shape index (κ1) is 15.8. The minimum atomic E-state index is -0.418. The van der Waals surface area contributed by atoms with Crippen molar-refractivity contribution in [2.45, 2.75) is 58.1 Å². The van der Waals surface area contributed by atoms with Gasteiger partial charge in [-0.15, -0.1) is 0 Å². The molecule has 2 rings (SSSR count). The van der Waals surface area contributed by atoms with Gasteiger partial charge < -0.3 is 15.7 Å². The first-order chi connectivity index (χ1) is 10.1. The average molecular weight is 290 g/mol. The Hall–Kier alpha value is -1.55. The van der Waals surface area contributed by atoms with E-state index in [-0.39, 0.29) is 11.9 Å². The molecule has 116 valence electrons. The number of amides is 1. The fourth-order valence-corrected chi connectivity index (χ4v) is 2.90. The third-order valence-corrected chi connectivity index (χ3v) is 4.15. The molecule has 0 aromatic heterocycles. The van der Waals surface area contributed by atoms with Crippen molar-refractivity contribution in [2.75, 3.05) is 11.9 Å². The zero-order valence-corrected chi connectivity index (χ0v) is 13.0. The molecule has 4 nitrogen and oxygen atoms in total. The van der Waals surface area contributed by atoms with Crippen molar-refractivity contribution in [3.63, 3.8) is 0 Å². The fraction of sp³-hybridized carbons (Fsp3) is 0.588. The summed E-state index contributed by atoms with van der Waals surface area (Å²) < 4.78 is 0.